The van der Waals surface area contributed by atoms with Crippen molar-refractivity contribution in [2.75, 3.05) is 26.3 Å². The summed E-state index contributed by atoms with van der Waals surface area (Å²) in [6.07, 6.45) is 0. The van der Waals surface area contributed by atoms with E-state index < -0.39 is 0 Å². The number of ether oxygens (including phenoxy) is 2. The highest BCUT2D eigenvalue weighted by molar-refractivity contribution is 5.64. The van der Waals surface area contributed by atoms with Crippen molar-refractivity contribution < 1.29 is 9.47 Å². The molecule has 0 amide bonds. The van der Waals surface area contributed by atoms with E-state index in [0.717, 1.165) is 22.6 Å². The van der Waals surface area contributed by atoms with Crippen molar-refractivity contribution in [2.45, 2.75) is 0 Å². The van der Waals surface area contributed by atoms with Crippen LogP contribution in [-0.2, 0) is 0 Å². The first-order valence-electron chi connectivity index (χ1n) is 6.69. The topological polar surface area (TPSA) is 70.5 Å². The summed E-state index contributed by atoms with van der Waals surface area (Å²) >= 11 is 0. The zero-order valence-corrected chi connectivity index (χ0v) is 11.4. The molecular weight excluding hydrogens is 252 g/mol. The van der Waals surface area contributed by atoms with Crippen molar-refractivity contribution in [3.8, 4) is 22.6 Å². The van der Waals surface area contributed by atoms with Crippen LogP contribution in [0.15, 0.2) is 48.5 Å². The second kappa shape index (κ2) is 7.53. The summed E-state index contributed by atoms with van der Waals surface area (Å²) in [6, 6.07) is 15.9. The number of hydrogen-bond donors (Lipinski definition) is 2. The zero-order valence-electron chi connectivity index (χ0n) is 11.4. The first kappa shape index (κ1) is 14.4. The van der Waals surface area contributed by atoms with Gasteiger partial charge in [0.15, 0.2) is 0 Å². The smallest absolute Gasteiger partial charge is 0.119 e. The quantitative estimate of drug-likeness (QED) is 0.809. The van der Waals surface area contributed by atoms with Crippen LogP contribution >= 0.6 is 0 Å². The molecule has 0 aliphatic heterocycles. The first-order chi connectivity index (χ1) is 9.83. The lowest BCUT2D eigenvalue weighted by molar-refractivity contribution is 0.328. The molecule has 2 aromatic rings. The molecular formula is C16H20N2O2. The van der Waals surface area contributed by atoms with Crippen molar-refractivity contribution in [1.29, 1.82) is 0 Å². The maximum absolute atomic E-state index is 5.45. The van der Waals surface area contributed by atoms with Gasteiger partial charge in [-0.25, -0.2) is 0 Å². The Balaban J connectivity index is 2.03. The maximum Gasteiger partial charge on any atom is 0.119 e. The van der Waals surface area contributed by atoms with Crippen LogP contribution < -0.4 is 20.9 Å². The molecule has 2 rings (SSSR count). The van der Waals surface area contributed by atoms with Gasteiger partial charge in [-0.1, -0.05) is 24.3 Å². The van der Waals surface area contributed by atoms with Crippen molar-refractivity contribution >= 4 is 0 Å². The molecule has 2 aromatic carbocycles. The van der Waals surface area contributed by atoms with Gasteiger partial charge in [-0.15, -0.1) is 0 Å². The van der Waals surface area contributed by atoms with Crippen molar-refractivity contribution in [1.82, 2.24) is 0 Å². The molecule has 0 saturated carbocycles. The van der Waals surface area contributed by atoms with Gasteiger partial charge in [0.2, 0.25) is 0 Å². The van der Waals surface area contributed by atoms with E-state index in [1.165, 1.54) is 0 Å². The summed E-state index contributed by atoms with van der Waals surface area (Å²) in [7, 11) is 0. The van der Waals surface area contributed by atoms with Crippen molar-refractivity contribution in [3.05, 3.63) is 48.5 Å². The van der Waals surface area contributed by atoms with Crippen LogP contribution in [0.25, 0.3) is 11.1 Å². The molecule has 0 saturated heterocycles. The molecule has 0 aliphatic carbocycles. The molecule has 0 fully saturated rings. The van der Waals surface area contributed by atoms with Crippen LogP contribution in [-0.4, -0.2) is 26.3 Å². The third kappa shape index (κ3) is 3.98. The lowest BCUT2D eigenvalue weighted by atomic mass is 10.1. The van der Waals surface area contributed by atoms with Crippen LogP contribution in [0.2, 0.25) is 0 Å². The van der Waals surface area contributed by atoms with Crippen molar-refractivity contribution in [2.24, 2.45) is 11.5 Å². The second-order valence-electron chi connectivity index (χ2n) is 4.32. The molecule has 20 heavy (non-hydrogen) atoms. The second-order valence-corrected chi connectivity index (χ2v) is 4.32. The van der Waals surface area contributed by atoms with E-state index >= 15 is 0 Å². The maximum atomic E-state index is 5.45. The fraction of sp³-hybridized carbons (Fsp3) is 0.250. The molecule has 4 heteroatoms. The Bertz CT molecular complexity index is 460. The first-order valence-corrected chi connectivity index (χ1v) is 6.69. The Labute approximate surface area is 119 Å². The van der Waals surface area contributed by atoms with Gasteiger partial charge in [0, 0.05) is 13.1 Å². The van der Waals surface area contributed by atoms with E-state index in [-0.39, 0.29) is 0 Å². The molecule has 0 spiro atoms. The highest BCUT2D eigenvalue weighted by Gasteiger charge is 2.00. The van der Waals surface area contributed by atoms with Gasteiger partial charge in [0.25, 0.3) is 0 Å². The Hall–Kier alpha value is -2.04. The standard InChI is InChI=1S/C16H20N2O2/c17-9-11-19-15-5-1-13(2-6-15)14-3-7-16(8-4-14)20-12-10-18/h1-8H,9-12,17-18H2. The van der Waals surface area contributed by atoms with Crippen LogP contribution in [0.4, 0.5) is 0 Å². The third-order valence-corrected chi connectivity index (χ3v) is 2.82. The van der Waals surface area contributed by atoms with Crippen LogP contribution in [0.3, 0.4) is 0 Å². The number of benzene rings is 2. The van der Waals surface area contributed by atoms with Gasteiger partial charge in [-0.05, 0) is 35.4 Å². The minimum Gasteiger partial charge on any atom is -0.492 e. The molecule has 0 aromatic heterocycles. The number of rotatable bonds is 7. The Morgan fingerprint density at radius 2 is 0.950 bits per heavy atom. The van der Waals surface area contributed by atoms with E-state index in [9.17, 15) is 0 Å². The van der Waals surface area contributed by atoms with E-state index in [1.54, 1.807) is 0 Å². The lowest BCUT2D eigenvalue weighted by Crippen LogP contribution is -2.10. The Morgan fingerprint density at radius 1 is 0.600 bits per heavy atom. The molecule has 106 valence electrons. The zero-order chi connectivity index (χ0) is 14.2. The Morgan fingerprint density at radius 3 is 1.25 bits per heavy atom. The van der Waals surface area contributed by atoms with Gasteiger partial charge in [0.1, 0.15) is 24.7 Å². The summed E-state index contributed by atoms with van der Waals surface area (Å²) in [6.45, 7) is 2.11. The van der Waals surface area contributed by atoms with Gasteiger partial charge in [0.05, 0.1) is 0 Å². The highest BCUT2D eigenvalue weighted by atomic mass is 16.5. The summed E-state index contributed by atoms with van der Waals surface area (Å²) in [5, 5.41) is 0. The number of hydrogen-bond acceptors (Lipinski definition) is 4. The Kier molecular flexibility index (Phi) is 5.41. The molecule has 0 unspecified atom stereocenters. The normalized spacial score (nSPS) is 10.3. The predicted octanol–water partition coefficient (Wildman–Crippen LogP) is 2.03. The molecule has 4 N–H and O–H groups in total. The summed E-state index contributed by atoms with van der Waals surface area (Å²) in [4.78, 5) is 0. The van der Waals surface area contributed by atoms with E-state index in [1.807, 2.05) is 48.5 Å². The van der Waals surface area contributed by atoms with Crippen molar-refractivity contribution in [3.63, 3.8) is 0 Å². The average molecular weight is 272 g/mol. The monoisotopic (exact) mass is 272 g/mol. The predicted molar refractivity (Wildman–Crippen MR) is 81.0 cm³/mol. The summed E-state index contributed by atoms with van der Waals surface area (Å²) in [5.74, 6) is 1.67. The van der Waals surface area contributed by atoms with Gasteiger partial charge >= 0.3 is 0 Å². The minimum atomic E-state index is 0.520. The minimum absolute atomic E-state index is 0.520. The average Bonchev–Trinajstić information content (AvgIpc) is 2.52. The van der Waals surface area contributed by atoms with Gasteiger partial charge in [-0.2, -0.15) is 0 Å². The SMILES string of the molecule is NCCOc1ccc(-c2ccc(OCCN)cc2)cc1. The molecule has 0 radical (unpaired) electrons. The van der Waals surface area contributed by atoms with Crippen LogP contribution in [0.5, 0.6) is 11.5 Å². The lowest BCUT2D eigenvalue weighted by Gasteiger charge is -2.08. The molecule has 0 aliphatic rings. The van der Waals surface area contributed by atoms with Crippen LogP contribution in [0, 0.1) is 0 Å². The van der Waals surface area contributed by atoms with Gasteiger partial charge < -0.3 is 20.9 Å². The molecule has 0 atom stereocenters. The largest absolute Gasteiger partial charge is 0.492 e. The van der Waals surface area contributed by atoms with E-state index in [2.05, 4.69) is 0 Å². The molecule has 0 bridgehead atoms. The highest BCUT2D eigenvalue weighted by Crippen LogP contribution is 2.24. The molecule has 0 heterocycles. The third-order valence-electron chi connectivity index (χ3n) is 2.82. The molecule has 4 nitrogen and oxygen atoms in total. The summed E-state index contributed by atoms with van der Waals surface area (Å²) < 4.78 is 10.9. The number of nitrogens with two attached hydrogens (primary N) is 2. The fourth-order valence-corrected chi connectivity index (χ4v) is 1.84. The van der Waals surface area contributed by atoms with Crippen LogP contribution in [0.1, 0.15) is 0 Å². The van der Waals surface area contributed by atoms with E-state index in [4.69, 9.17) is 20.9 Å². The fourth-order valence-electron chi connectivity index (χ4n) is 1.84. The summed E-state index contributed by atoms with van der Waals surface area (Å²) in [5.41, 5.74) is 13.1. The van der Waals surface area contributed by atoms with E-state index in [0.29, 0.717) is 26.3 Å². The van der Waals surface area contributed by atoms with Gasteiger partial charge in [-0.3, -0.25) is 0 Å².